The van der Waals surface area contributed by atoms with Gasteiger partial charge < -0.3 is 9.47 Å². The van der Waals surface area contributed by atoms with Crippen molar-refractivity contribution in [1.29, 1.82) is 0 Å². The lowest BCUT2D eigenvalue weighted by atomic mass is 10.1. The summed E-state index contributed by atoms with van der Waals surface area (Å²) in [6, 6.07) is 20.8. The van der Waals surface area contributed by atoms with Crippen LogP contribution in [0.3, 0.4) is 0 Å². The summed E-state index contributed by atoms with van der Waals surface area (Å²) in [6.07, 6.45) is 3.25. The minimum Gasteiger partial charge on any atom is -0.495 e. The van der Waals surface area contributed by atoms with Crippen molar-refractivity contribution in [3.63, 3.8) is 0 Å². The maximum absolute atomic E-state index is 13.4. The van der Waals surface area contributed by atoms with Crippen molar-refractivity contribution in [3.8, 4) is 22.6 Å². The van der Waals surface area contributed by atoms with Gasteiger partial charge in [0.25, 0.3) is 0 Å². The molecular formula is C28H20Cl2N2O4S. The Morgan fingerprint density at radius 2 is 1.08 bits per heavy atom. The molecule has 1 heterocycles. The minimum atomic E-state index is -3.73. The highest BCUT2D eigenvalue weighted by Gasteiger charge is 2.33. The summed E-state index contributed by atoms with van der Waals surface area (Å²) in [5, 5.41) is 0.930. The molecule has 0 saturated carbocycles. The van der Waals surface area contributed by atoms with E-state index >= 15 is 0 Å². The van der Waals surface area contributed by atoms with Crippen molar-refractivity contribution in [2.75, 3.05) is 14.2 Å². The summed E-state index contributed by atoms with van der Waals surface area (Å²) in [5.74, 6) is 1.13. The van der Waals surface area contributed by atoms with Crippen LogP contribution >= 0.6 is 23.2 Å². The second kappa shape index (κ2) is 10.0. The summed E-state index contributed by atoms with van der Waals surface area (Å²) in [4.78, 5) is 9.33. The van der Waals surface area contributed by atoms with E-state index in [4.69, 9.17) is 32.7 Å². The molecule has 0 amide bonds. The maximum atomic E-state index is 13.4. The molecule has 0 saturated heterocycles. The molecule has 0 fully saturated rings. The Morgan fingerprint density at radius 1 is 0.649 bits per heavy atom. The third-order valence-corrected chi connectivity index (χ3v) is 8.30. The van der Waals surface area contributed by atoms with E-state index in [9.17, 15) is 8.42 Å². The Kier molecular flexibility index (Phi) is 6.77. The van der Waals surface area contributed by atoms with Crippen LogP contribution in [0.4, 0.5) is 11.4 Å². The Labute approximate surface area is 224 Å². The SMILES string of the molecule is COc1ccc(C=Nc2ccc3c(c2)S(=O)(=O)c2cc(N=Cc4ccc(OC)c(Cl)c4)ccc2-3)cc1Cl. The first kappa shape index (κ1) is 25.0. The van der Waals surface area contributed by atoms with Gasteiger partial charge in [-0.05, 0) is 71.8 Å². The van der Waals surface area contributed by atoms with Gasteiger partial charge in [0, 0.05) is 23.6 Å². The second-order valence-electron chi connectivity index (χ2n) is 8.17. The topological polar surface area (TPSA) is 77.3 Å². The van der Waals surface area contributed by atoms with Crippen molar-refractivity contribution in [3.05, 3.63) is 94.0 Å². The normalized spacial score (nSPS) is 13.6. The zero-order valence-corrected chi connectivity index (χ0v) is 22.1. The van der Waals surface area contributed by atoms with E-state index in [1.54, 1.807) is 87.3 Å². The van der Waals surface area contributed by atoms with E-state index in [0.29, 0.717) is 44.0 Å². The van der Waals surface area contributed by atoms with Gasteiger partial charge in [-0.3, -0.25) is 9.98 Å². The average molecular weight is 551 g/mol. The first-order chi connectivity index (χ1) is 17.8. The first-order valence-electron chi connectivity index (χ1n) is 11.1. The smallest absolute Gasteiger partial charge is 0.207 e. The molecule has 186 valence electrons. The van der Waals surface area contributed by atoms with Crippen LogP contribution in [-0.2, 0) is 9.84 Å². The van der Waals surface area contributed by atoms with Crippen LogP contribution in [0, 0.1) is 0 Å². The van der Waals surface area contributed by atoms with E-state index in [1.807, 2.05) is 12.1 Å². The average Bonchev–Trinajstić information content (AvgIpc) is 3.12. The molecule has 6 nitrogen and oxygen atoms in total. The molecule has 4 aromatic rings. The van der Waals surface area contributed by atoms with Gasteiger partial charge in [-0.15, -0.1) is 0 Å². The fourth-order valence-corrected chi connectivity index (χ4v) is 6.27. The third-order valence-electron chi connectivity index (χ3n) is 5.88. The molecule has 0 N–H and O–H groups in total. The number of fused-ring (bicyclic) bond motifs is 3. The first-order valence-corrected chi connectivity index (χ1v) is 13.3. The standard InChI is InChI=1S/C28H20Cl2N2O4S/c1-35-25-9-3-17(11-23(25)29)15-31-19-5-7-21-22-8-6-20(14-28(22)37(33,34)27(21)13-19)32-16-18-4-10-26(36-2)24(30)12-18/h3-16H,1-2H3. The van der Waals surface area contributed by atoms with E-state index in [-0.39, 0.29) is 9.79 Å². The number of methoxy groups -OCH3 is 2. The zero-order valence-electron chi connectivity index (χ0n) is 19.8. The number of aliphatic imine (C=N–C) groups is 2. The maximum Gasteiger partial charge on any atom is 0.207 e. The summed E-state index contributed by atoms with van der Waals surface area (Å²) >= 11 is 12.4. The van der Waals surface area contributed by atoms with Crippen LogP contribution in [0.15, 0.2) is 92.6 Å². The Morgan fingerprint density at radius 3 is 1.46 bits per heavy atom. The summed E-state index contributed by atoms with van der Waals surface area (Å²) < 4.78 is 37.1. The lowest BCUT2D eigenvalue weighted by Gasteiger charge is -2.03. The molecule has 0 aliphatic carbocycles. The van der Waals surface area contributed by atoms with Crippen molar-refractivity contribution in [2.24, 2.45) is 9.98 Å². The molecule has 1 aliphatic heterocycles. The number of hydrogen-bond donors (Lipinski definition) is 0. The van der Waals surface area contributed by atoms with Crippen LogP contribution in [0.1, 0.15) is 11.1 Å². The van der Waals surface area contributed by atoms with Gasteiger partial charge in [0.05, 0.1) is 45.4 Å². The Bertz CT molecular complexity index is 1580. The largest absolute Gasteiger partial charge is 0.495 e. The molecule has 5 rings (SSSR count). The van der Waals surface area contributed by atoms with E-state index in [0.717, 1.165) is 11.1 Å². The molecular weight excluding hydrogens is 531 g/mol. The summed E-state index contributed by atoms with van der Waals surface area (Å²) in [7, 11) is -0.639. The predicted molar refractivity (Wildman–Crippen MR) is 148 cm³/mol. The van der Waals surface area contributed by atoms with Crippen LogP contribution in [0.25, 0.3) is 11.1 Å². The molecule has 0 aromatic heterocycles. The quantitative estimate of drug-likeness (QED) is 0.207. The summed E-state index contributed by atoms with van der Waals surface area (Å²) in [6.45, 7) is 0. The van der Waals surface area contributed by atoms with Crippen molar-refractivity contribution >= 4 is 56.8 Å². The number of halogens is 2. The monoisotopic (exact) mass is 550 g/mol. The third kappa shape index (κ3) is 4.85. The molecule has 0 atom stereocenters. The lowest BCUT2D eigenvalue weighted by molar-refractivity contribution is 0.415. The van der Waals surface area contributed by atoms with E-state index in [1.165, 1.54) is 0 Å². The van der Waals surface area contributed by atoms with Gasteiger partial charge in [0.1, 0.15) is 11.5 Å². The van der Waals surface area contributed by atoms with Gasteiger partial charge in [0.2, 0.25) is 9.84 Å². The van der Waals surface area contributed by atoms with E-state index < -0.39 is 9.84 Å². The number of sulfone groups is 1. The molecule has 0 unspecified atom stereocenters. The predicted octanol–water partition coefficient (Wildman–Crippen LogP) is 7.33. The number of rotatable bonds is 6. The van der Waals surface area contributed by atoms with Crippen molar-refractivity contribution in [1.82, 2.24) is 0 Å². The fraction of sp³-hybridized carbons (Fsp3) is 0.0714. The Balaban J connectivity index is 1.42. The minimum absolute atomic E-state index is 0.216. The summed E-state index contributed by atoms with van der Waals surface area (Å²) in [5.41, 5.74) is 3.82. The highest BCUT2D eigenvalue weighted by atomic mass is 35.5. The number of benzene rings is 4. The van der Waals surface area contributed by atoms with Gasteiger partial charge in [0.15, 0.2) is 0 Å². The molecule has 1 aliphatic rings. The molecule has 4 aromatic carbocycles. The van der Waals surface area contributed by atoms with Crippen molar-refractivity contribution in [2.45, 2.75) is 9.79 Å². The van der Waals surface area contributed by atoms with Gasteiger partial charge in [-0.1, -0.05) is 35.3 Å². The Hall–Kier alpha value is -3.65. The van der Waals surface area contributed by atoms with Crippen LogP contribution in [0.5, 0.6) is 11.5 Å². The molecule has 0 spiro atoms. The highest BCUT2D eigenvalue weighted by molar-refractivity contribution is 7.92. The molecule has 37 heavy (non-hydrogen) atoms. The van der Waals surface area contributed by atoms with Crippen LogP contribution < -0.4 is 9.47 Å². The van der Waals surface area contributed by atoms with Gasteiger partial charge in [-0.25, -0.2) is 8.42 Å². The fourth-order valence-electron chi connectivity index (χ4n) is 4.01. The molecule has 0 radical (unpaired) electrons. The van der Waals surface area contributed by atoms with Crippen LogP contribution in [-0.4, -0.2) is 35.1 Å². The zero-order chi connectivity index (χ0) is 26.2. The van der Waals surface area contributed by atoms with Gasteiger partial charge >= 0.3 is 0 Å². The van der Waals surface area contributed by atoms with Gasteiger partial charge in [-0.2, -0.15) is 0 Å². The molecule has 0 bridgehead atoms. The number of hydrogen-bond acceptors (Lipinski definition) is 6. The van der Waals surface area contributed by atoms with Crippen molar-refractivity contribution < 1.29 is 17.9 Å². The highest BCUT2D eigenvalue weighted by Crippen LogP contribution is 2.45. The number of nitrogens with zero attached hydrogens (tertiary/aromatic N) is 2. The lowest BCUT2D eigenvalue weighted by Crippen LogP contribution is -1.96. The number of ether oxygens (including phenoxy) is 2. The second-order valence-corrected chi connectivity index (χ2v) is 10.9. The van der Waals surface area contributed by atoms with E-state index in [2.05, 4.69) is 9.98 Å². The van der Waals surface area contributed by atoms with Crippen LogP contribution in [0.2, 0.25) is 10.0 Å². The molecule has 9 heteroatoms.